The number of piperidine rings is 2. The van der Waals surface area contributed by atoms with Crippen LogP contribution in [0.4, 0.5) is 4.79 Å². The van der Waals surface area contributed by atoms with Gasteiger partial charge in [-0.2, -0.15) is 0 Å². The van der Waals surface area contributed by atoms with E-state index in [1.54, 1.807) is 7.11 Å². The van der Waals surface area contributed by atoms with Crippen LogP contribution in [0.15, 0.2) is 0 Å². The fraction of sp³-hybridized carbons (Fsp3) is 0.929. The molecule has 2 saturated heterocycles. The zero-order valence-electron chi connectivity index (χ0n) is 11.7. The second-order valence-electron chi connectivity index (χ2n) is 5.86. The number of methoxy groups -OCH3 is 1. The van der Waals surface area contributed by atoms with Crippen LogP contribution in [-0.4, -0.2) is 55.7 Å². The maximum atomic E-state index is 12.4. The predicted molar refractivity (Wildman–Crippen MR) is 71.5 cm³/mol. The molecule has 0 aromatic rings. The van der Waals surface area contributed by atoms with Gasteiger partial charge in [-0.05, 0) is 37.5 Å². The van der Waals surface area contributed by atoms with Crippen LogP contribution < -0.4 is 0 Å². The molecule has 0 aromatic carbocycles. The molecule has 18 heavy (non-hydrogen) atoms. The summed E-state index contributed by atoms with van der Waals surface area (Å²) in [5, 5.41) is 0. The quantitative estimate of drug-likeness (QED) is 0.757. The Kier molecular flexibility index (Phi) is 4.87. The van der Waals surface area contributed by atoms with Crippen molar-refractivity contribution in [2.24, 2.45) is 11.8 Å². The SMILES string of the molecule is COCC1CCN(C(=O)N2CCCC(C)C2)CC1. The number of likely N-dealkylation sites (tertiary alicyclic amines) is 2. The lowest BCUT2D eigenvalue weighted by Crippen LogP contribution is -2.49. The van der Waals surface area contributed by atoms with Gasteiger partial charge in [-0.25, -0.2) is 4.79 Å². The van der Waals surface area contributed by atoms with Gasteiger partial charge in [0.05, 0.1) is 0 Å². The van der Waals surface area contributed by atoms with E-state index in [-0.39, 0.29) is 6.03 Å². The molecule has 2 fully saturated rings. The Balaban J connectivity index is 1.80. The number of amides is 2. The molecule has 2 amide bonds. The topological polar surface area (TPSA) is 32.8 Å². The molecule has 1 atom stereocenters. The van der Waals surface area contributed by atoms with Crippen LogP contribution in [0.25, 0.3) is 0 Å². The molecular weight excluding hydrogens is 228 g/mol. The van der Waals surface area contributed by atoms with Crippen LogP contribution >= 0.6 is 0 Å². The van der Waals surface area contributed by atoms with Gasteiger partial charge in [0.2, 0.25) is 0 Å². The Morgan fingerprint density at radius 2 is 1.89 bits per heavy atom. The smallest absolute Gasteiger partial charge is 0.320 e. The van der Waals surface area contributed by atoms with Crippen molar-refractivity contribution in [3.8, 4) is 0 Å². The zero-order chi connectivity index (χ0) is 13.0. The summed E-state index contributed by atoms with van der Waals surface area (Å²) in [6.45, 7) is 6.76. The van der Waals surface area contributed by atoms with E-state index >= 15 is 0 Å². The first-order chi connectivity index (χ1) is 8.70. The first-order valence-electron chi connectivity index (χ1n) is 7.23. The average molecular weight is 254 g/mol. The van der Waals surface area contributed by atoms with Crippen molar-refractivity contribution >= 4 is 6.03 Å². The van der Waals surface area contributed by atoms with E-state index in [1.165, 1.54) is 6.42 Å². The molecule has 2 aliphatic heterocycles. The van der Waals surface area contributed by atoms with E-state index in [1.807, 2.05) is 9.80 Å². The molecule has 2 rings (SSSR count). The minimum absolute atomic E-state index is 0.261. The summed E-state index contributed by atoms with van der Waals surface area (Å²) in [5.41, 5.74) is 0. The lowest BCUT2D eigenvalue weighted by Gasteiger charge is -2.38. The Hall–Kier alpha value is -0.770. The summed E-state index contributed by atoms with van der Waals surface area (Å²) >= 11 is 0. The molecular formula is C14H26N2O2. The molecule has 2 heterocycles. The number of nitrogens with zero attached hydrogens (tertiary/aromatic N) is 2. The average Bonchev–Trinajstić information content (AvgIpc) is 2.39. The van der Waals surface area contributed by atoms with Crippen molar-refractivity contribution in [1.29, 1.82) is 0 Å². The minimum atomic E-state index is 0.261. The molecule has 0 saturated carbocycles. The Morgan fingerprint density at radius 1 is 1.17 bits per heavy atom. The molecule has 1 unspecified atom stereocenters. The standard InChI is InChI=1S/C14H26N2O2/c1-12-4-3-7-16(10-12)14(17)15-8-5-13(6-9-15)11-18-2/h12-13H,3-11H2,1-2H3. The summed E-state index contributed by atoms with van der Waals surface area (Å²) in [7, 11) is 1.76. The maximum absolute atomic E-state index is 12.4. The normalized spacial score (nSPS) is 26.4. The van der Waals surface area contributed by atoms with Crippen LogP contribution in [0, 0.1) is 11.8 Å². The van der Waals surface area contributed by atoms with Gasteiger partial charge in [-0.15, -0.1) is 0 Å². The van der Waals surface area contributed by atoms with Crippen molar-refractivity contribution in [2.75, 3.05) is 39.9 Å². The molecule has 0 bridgehead atoms. The fourth-order valence-electron chi connectivity index (χ4n) is 3.09. The van der Waals surface area contributed by atoms with Crippen LogP contribution in [0.5, 0.6) is 0 Å². The molecule has 0 N–H and O–H groups in total. The maximum Gasteiger partial charge on any atom is 0.320 e. The summed E-state index contributed by atoms with van der Waals surface area (Å²) < 4.78 is 5.19. The third-order valence-electron chi connectivity index (χ3n) is 4.21. The lowest BCUT2D eigenvalue weighted by molar-refractivity contribution is 0.0881. The summed E-state index contributed by atoms with van der Waals surface area (Å²) in [5.74, 6) is 1.30. The van der Waals surface area contributed by atoms with E-state index in [0.29, 0.717) is 11.8 Å². The highest BCUT2D eigenvalue weighted by atomic mass is 16.5. The van der Waals surface area contributed by atoms with E-state index in [4.69, 9.17) is 4.74 Å². The third-order valence-corrected chi connectivity index (χ3v) is 4.21. The van der Waals surface area contributed by atoms with Gasteiger partial charge in [0, 0.05) is 39.9 Å². The number of urea groups is 1. The molecule has 0 spiro atoms. The molecule has 0 aromatic heterocycles. The summed E-state index contributed by atoms with van der Waals surface area (Å²) in [4.78, 5) is 16.5. The Bertz CT molecular complexity index is 275. The predicted octanol–water partition coefficient (Wildman–Crippen LogP) is 2.20. The second kappa shape index (κ2) is 6.41. The summed E-state index contributed by atoms with van der Waals surface area (Å²) in [6, 6.07) is 0.261. The second-order valence-corrected chi connectivity index (χ2v) is 5.86. The van der Waals surface area contributed by atoms with E-state index in [0.717, 1.165) is 52.0 Å². The lowest BCUT2D eigenvalue weighted by atomic mass is 9.97. The zero-order valence-corrected chi connectivity index (χ0v) is 11.7. The minimum Gasteiger partial charge on any atom is -0.384 e. The van der Waals surface area contributed by atoms with Crippen molar-refractivity contribution < 1.29 is 9.53 Å². The van der Waals surface area contributed by atoms with Crippen molar-refractivity contribution in [3.05, 3.63) is 0 Å². The van der Waals surface area contributed by atoms with Crippen LogP contribution in [0.3, 0.4) is 0 Å². The largest absolute Gasteiger partial charge is 0.384 e. The van der Waals surface area contributed by atoms with Gasteiger partial charge in [0.1, 0.15) is 0 Å². The molecule has 4 nitrogen and oxygen atoms in total. The van der Waals surface area contributed by atoms with Crippen LogP contribution in [0.1, 0.15) is 32.6 Å². The van der Waals surface area contributed by atoms with Crippen molar-refractivity contribution in [2.45, 2.75) is 32.6 Å². The number of ether oxygens (including phenoxy) is 1. The van der Waals surface area contributed by atoms with E-state index in [2.05, 4.69) is 6.92 Å². The fourth-order valence-corrected chi connectivity index (χ4v) is 3.09. The highest BCUT2D eigenvalue weighted by Crippen LogP contribution is 2.21. The Labute approximate surface area is 110 Å². The van der Waals surface area contributed by atoms with Crippen molar-refractivity contribution in [3.63, 3.8) is 0 Å². The highest BCUT2D eigenvalue weighted by Gasteiger charge is 2.28. The van der Waals surface area contributed by atoms with Crippen LogP contribution in [-0.2, 0) is 4.74 Å². The van der Waals surface area contributed by atoms with E-state index in [9.17, 15) is 4.79 Å². The molecule has 0 radical (unpaired) electrons. The molecule has 4 heteroatoms. The number of carbonyl (C=O) groups excluding carboxylic acids is 1. The van der Waals surface area contributed by atoms with Gasteiger partial charge in [-0.1, -0.05) is 6.92 Å². The molecule has 104 valence electrons. The van der Waals surface area contributed by atoms with Gasteiger partial charge in [0.25, 0.3) is 0 Å². The van der Waals surface area contributed by atoms with E-state index < -0.39 is 0 Å². The monoisotopic (exact) mass is 254 g/mol. The number of carbonyl (C=O) groups is 1. The third kappa shape index (κ3) is 3.37. The number of rotatable bonds is 2. The van der Waals surface area contributed by atoms with Gasteiger partial charge >= 0.3 is 6.03 Å². The number of hydrogen-bond acceptors (Lipinski definition) is 2. The van der Waals surface area contributed by atoms with Crippen molar-refractivity contribution in [1.82, 2.24) is 9.80 Å². The highest BCUT2D eigenvalue weighted by molar-refractivity contribution is 5.74. The van der Waals surface area contributed by atoms with Gasteiger partial charge < -0.3 is 14.5 Å². The molecule has 2 aliphatic rings. The van der Waals surface area contributed by atoms with Gasteiger partial charge in [0.15, 0.2) is 0 Å². The summed E-state index contributed by atoms with van der Waals surface area (Å²) in [6.07, 6.45) is 4.60. The van der Waals surface area contributed by atoms with Gasteiger partial charge in [-0.3, -0.25) is 0 Å². The van der Waals surface area contributed by atoms with Crippen LogP contribution in [0.2, 0.25) is 0 Å². The Morgan fingerprint density at radius 3 is 2.50 bits per heavy atom. The first kappa shape index (κ1) is 13.7. The first-order valence-corrected chi connectivity index (χ1v) is 7.23. The molecule has 0 aliphatic carbocycles. The number of hydrogen-bond donors (Lipinski definition) is 0.